The first-order valence-electron chi connectivity index (χ1n) is 8.01. The quantitative estimate of drug-likeness (QED) is 0.641. The molecule has 2 aromatic rings. The summed E-state index contributed by atoms with van der Waals surface area (Å²) in [5.41, 5.74) is 1.45. The summed E-state index contributed by atoms with van der Waals surface area (Å²) in [4.78, 5) is 24.9. The maximum Gasteiger partial charge on any atom is 0.416 e. The summed E-state index contributed by atoms with van der Waals surface area (Å²) in [6.45, 7) is 0. The number of carbonyl (C=O) groups is 2. The van der Waals surface area contributed by atoms with Crippen molar-refractivity contribution in [3.05, 3.63) is 59.2 Å². The van der Waals surface area contributed by atoms with Crippen molar-refractivity contribution in [3.8, 4) is 11.5 Å². The van der Waals surface area contributed by atoms with Gasteiger partial charge in [-0.1, -0.05) is 6.07 Å². The van der Waals surface area contributed by atoms with E-state index in [9.17, 15) is 22.8 Å². The zero-order valence-corrected chi connectivity index (χ0v) is 14.8. The summed E-state index contributed by atoms with van der Waals surface area (Å²) in [6.07, 6.45) is -3.26. The van der Waals surface area contributed by atoms with Crippen LogP contribution in [-0.4, -0.2) is 26.0 Å². The molecule has 0 spiro atoms. The molecule has 0 atom stereocenters. The number of carbonyl (C=O) groups excluding carboxylic acids is 2. The van der Waals surface area contributed by atoms with Crippen molar-refractivity contribution in [2.75, 3.05) is 19.2 Å². The van der Waals surface area contributed by atoms with Crippen molar-refractivity contribution >= 4 is 23.6 Å². The van der Waals surface area contributed by atoms with E-state index in [0.29, 0.717) is 17.1 Å². The summed E-state index contributed by atoms with van der Waals surface area (Å²) in [7, 11) is 2.90. The lowest BCUT2D eigenvalue weighted by atomic mass is 10.1. The van der Waals surface area contributed by atoms with E-state index in [1.54, 1.807) is 18.2 Å². The minimum absolute atomic E-state index is 0.0988. The highest BCUT2D eigenvalue weighted by Gasteiger charge is 2.36. The predicted octanol–water partition coefficient (Wildman–Crippen LogP) is 3.18. The molecule has 1 aliphatic heterocycles. The third kappa shape index (κ3) is 3.64. The number of halogens is 3. The number of rotatable bonds is 4. The molecule has 0 aliphatic carbocycles. The fourth-order valence-corrected chi connectivity index (χ4v) is 2.65. The number of hydrazine groups is 1. The number of hydrogen-bond acceptors (Lipinski definition) is 4. The maximum atomic E-state index is 12.9. The summed E-state index contributed by atoms with van der Waals surface area (Å²) < 4.78 is 49.1. The van der Waals surface area contributed by atoms with Crippen LogP contribution in [-0.2, 0) is 15.8 Å². The van der Waals surface area contributed by atoms with Crippen LogP contribution in [0.1, 0.15) is 11.1 Å². The van der Waals surface area contributed by atoms with Crippen LogP contribution in [0.3, 0.4) is 0 Å². The lowest BCUT2D eigenvalue weighted by molar-refractivity contribution is -0.137. The number of ether oxygens (including phenoxy) is 2. The molecular weight excluding hydrogens is 377 g/mol. The second-order valence-electron chi connectivity index (χ2n) is 5.80. The maximum absolute atomic E-state index is 12.9. The van der Waals surface area contributed by atoms with Gasteiger partial charge in [-0.2, -0.15) is 13.2 Å². The Morgan fingerprint density at radius 2 is 1.79 bits per heavy atom. The first-order chi connectivity index (χ1) is 13.2. The van der Waals surface area contributed by atoms with Crippen LogP contribution < -0.4 is 19.9 Å². The molecule has 1 fully saturated rings. The number of methoxy groups -OCH3 is 2. The third-order valence-electron chi connectivity index (χ3n) is 4.06. The topological polar surface area (TPSA) is 67.9 Å². The number of alkyl halides is 3. The third-order valence-corrected chi connectivity index (χ3v) is 4.06. The van der Waals surface area contributed by atoms with Gasteiger partial charge in [0.25, 0.3) is 11.8 Å². The monoisotopic (exact) mass is 392 g/mol. The average Bonchev–Trinajstić information content (AvgIpc) is 2.96. The van der Waals surface area contributed by atoms with Crippen LogP contribution in [0.15, 0.2) is 48.0 Å². The second-order valence-corrected chi connectivity index (χ2v) is 5.80. The van der Waals surface area contributed by atoms with Crippen LogP contribution in [0.2, 0.25) is 0 Å². The summed E-state index contributed by atoms with van der Waals surface area (Å²) >= 11 is 0. The fourth-order valence-electron chi connectivity index (χ4n) is 2.65. The molecule has 0 bridgehead atoms. The normalized spacial score (nSPS) is 15.8. The molecule has 9 heteroatoms. The SMILES string of the molecule is COc1ccc(/C=C2\C(=O)NN(c3cccc(C(F)(F)F)c3)C2=O)c(OC)c1. The molecule has 28 heavy (non-hydrogen) atoms. The highest BCUT2D eigenvalue weighted by atomic mass is 19.4. The van der Waals surface area contributed by atoms with Gasteiger partial charge in [0.15, 0.2) is 0 Å². The van der Waals surface area contributed by atoms with E-state index in [1.807, 2.05) is 0 Å². The van der Waals surface area contributed by atoms with E-state index in [1.165, 1.54) is 26.4 Å². The van der Waals surface area contributed by atoms with Crippen LogP contribution in [0.4, 0.5) is 18.9 Å². The number of benzene rings is 2. The Hall–Kier alpha value is -3.49. The van der Waals surface area contributed by atoms with Crippen molar-refractivity contribution in [3.63, 3.8) is 0 Å². The molecule has 0 unspecified atom stereocenters. The van der Waals surface area contributed by atoms with E-state index in [4.69, 9.17) is 9.47 Å². The molecule has 6 nitrogen and oxygen atoms in total. The van der Waals surface area contributed by atoms with Crippen molar-refractivity contribution in [1.29, 1.82) is 0 Å². The number of nitrogens with one attached hydrogen (secondary N) is 1. The van der Waals surface area contributed by atoms with Crippen molar-refractivity contribution < 1.29 is 32.2 Å². The van der Waals surface area contributed by atoms with Gasteiger partial charge < -0.3 is 9.47 Å². The summed E-state index contributed by atoms with van der Waals surface area (Å²) in [5, 5.41) is 0.777. The Bertz CT molecular complexity index is 970. The molecular formula is C19H15F3N2O4. The van der Waals surface area contributed by atoms with Crippen LogP contribution in [0.25, 0.3) is 6.08 Å². The smallest absolute Gasteiger partial charge is 0.416 e. The van der Waals surface area contributed by atoms with Crippen LogP contribution in [0, 0.1) is 0 Å². The molecule has 2 amide bonds. The lowest BCUT2D eigenvalue weighted by Crippen LogP contribution is -2.35. The molecule has 146 valence electrons. The Balaban J connectivity index is 1.96. The van der Waals surface area contributed by atoms with Crippen molar-refractivity contribution in [1.82, 2.24) is 5.43 Å². The zero-order valence-electron chi connectivity index (χ0n) is 14.8. The molecule has 2 aromatic carbocycles. The van der Waals surface area contributed by atoms with Crippen LogP contribution in [0.5, 0.6) is 11.5 Å². The van der Waals surface area contributed by atoms with E-state index < -0.39 is 23.6 Å². The van der Waals surface area contributed by atoms with Crippen molar-refractivity contribution in [2.45, 2.75) is 6.18 Å². The first kappa shape index (κ1) is 19.3. The lowest BCUT2D eigenvalue weighted by Gasteiger charge is -2.16. The molecule has 0 radical (unpaired) electrons. The first-order valence-corrected chi connectivity index (χ1v) is 8.01. The van der Waals surface area contributed by atoms with E-state index in [0.717, 1.165) is 23.2 Å². The molecule has 0 aromatic heterocycles. The van der Waals surface area contributed by atoms with Gasteiger partial charge in [0, 0.05) is 11.6 Å². The fraction of sp³-hybridized carbons (Fsp3) is 0.158. The predicted molar refractivity (Wildman–Crippen MR) is 94.6 cm³/mol. The summed E-state index contributed by atoms with van der Waals surface area (Å²) in [6, 6.07) is 8.92. The molecule has 3 rings (SSSR count). The number of anilines is 1. The number of amides is 2. The summed E-state index contributed by atoms with van der Waals surface area (Å²) in [5.74, 6) is -0.626. The zero-order chi connectivity index (χ0) is 20.5. The van der Waals surface area contributed by atoms with E-state index >= 15 is 0 Å². The van der Waals surface area contributed by atoms with E-state index in [2.05, 4.69) is 5.43 Å². The Labute approximate surface area is 158 Å². The molecule has 1 saturated heterocycles. The Morgan fingerprint density at radius 1 is 1.04 bits per heavy atom. The van der Waals surface area contributed by atoms with Gasteiger partial charge in [-0.25, -0.2) is 5.01 Å². The van der Waals surface area contributed by atoms with Crippen molar-refractivity contribution in [2.24, 2.45) is 0 Å². The highest BCUT2D eigenvalue weighted by Crippen LogP contribution is 2.33. The average molecular weight is 392 g/mol. The largest absolute Gasteiger partial charge is 0.497 e. The van der Waals surface area contributed by atoms with Gasteiger partial charge in [-0.3, -0.25) is 15.0 Å². The number of nitrogens with zero attached hydrogens (tertiary/aromatic N) is 1. The molecule has 0 saturated carbocycles. The van der Waals surface area contributed by atoms with Gasteiger partial charge in [-0.15, -0.1) is 0 Å². The van der Waals surface area contributed by atoms with E-state index in [-0.39, 0.29) is 11.3 Å². The standard InChI is InChI=1S/C19H15F3N2O4/c1-27-14-7-6-11(16(10-14)28-2)8-15-17(25)23-24(18(15)26)13-5-3-4-12(9-13)19(20,21)22/h3-10H,1-2H3,(H,23,25)/b15-8+. The minimum Gasteiger partial charge on any atom is -0.497 e. The Morgan fingerprint density at radius 3 is 2.43 bits per heavy atom. The van der Waals surface area contributed by atoms with Crippen LogP contribution >= 0.6 is 0 Å². The van der Waals surface area contributed by atoms with Gasteiger partial charge in [0.05, 0.1) is 25.5 Å². The number of hydrogen-bond donors (Lipinski definition) is 1. The second kappa shape index (κ2) is 7.26. The molecule has 1 aliphatic rings. The van der Waals surface area contributed by atoms with Gasteiger partial charge in [0.1, 0.15) is 17.1 Å². The highest BCUT2D eigenvalue weighted by molar-refractivity contribution is 6.31. The van der Waals surface area contributed by atoms with Gasteiger partial charge >= 0.3 is 6.18 Å². The Kier molecular flexibility index (Phi) is 5.00. The minimum atomic E-state index is -4.57. The molecule has 1 heterocycles. The van der Waals surface area contributed by atoms with Gasteiger partial charge in [-0.05, 0) is 36.4 Å². The molecule has 1 N–H and O–H groups in total. The van der Waals surface area contributed by atoms with Gasteiger partial charge in [0.2, 0.25) is 0 Å².